The van der Waals surface area contributed by atoms with Gasteiger partial charge in [-0.25, -0.2) is 0 Å². The first-order valence-corrected chi connectivity index (χ1v) is 14.3. The summed E-state index contributed by atoms with van der Waals surface area (Å²) in [5.41, 5.74) is 10.5. The zero-order valence-electron chi connectivity index (χ0n) is 23.4. The molecule has 1 nitrogen and oxygen atoms in total. The van der Waals surface area contributed by atoms with E-state index >= 15 is 0 Å². The molecule has 3 aliphatic rings. The van der Waals surface area contributed by atoms with Crippen molar-refractivity contribution >= 4 is 38.5 Å². The smallest absolute Gasteiger partial charge is 0.0665 e. The first-order valence-electron chi connectivity index (χ1n) is 14.3. The Hall–Kier alpha value is -3.06. The normalized spacial score (nSPS) is 22.1. The van der Waals surface area contributed by atoms with Crippen LogP contribution in [0.2, 0.25) is 0 Å². The van der Waals surface area contributed by atoms with Gasteiger partial charge in [0.2, 0.25) is 0 Å². The van der Waals surface area contributed by atoms with E-state index in [0.29, 0.717) is 29.7 Å². The van der Waals surface area contributed by atoms with Crippen LogP contribution in [0.3, 0.4) is 0 Å². The predicted octanol–water partition coefficient (Wildman–Crippen LogP) is 10.3. The molecule has 0 radical (unpaired) electrons. The van der Waals surface area contributed by atoms with Crippen LogP contribution in [0.1, 0.15) is 94.9 Å². The summed E-state index contributed by atoms with van der Waals surface area (Å²) in [6.07, 6.45) is 3.88. The summed E-state index contributed by atoms with van der Waals surface area (Å²) in [5, 5.41) is 5.48. The number of fused-ring (bicyclic) bond motifs is 8. The van der Waals surface area contributed by atoms with Crippen molar-refractivity contribution in [1.82, 2.24) is 0 Å². The van der Waals surface area contributed by atoms with E-state index in [4.69, 9.17) is 0 Å². The molecular weight excluding hydrogens is 446 g/mol. The molecule has 0 bridgehead atoms. The Labute approximate surface area is 222 Å². The number of rotatable bonds is 2. The lowest BCUT2D eigenvalue weighted by Crippen LogP contribution is -2.33. The molecule has 4 aromatic rings. The van der Waals surface area contributed by atoms with Crippen LogP contribution in [-0.2, 0) is 0 Å². The third-order valence-corrected chi connectivity index (χ3v) is 9.53. The van der Waals surface area contributed by atoms with Crippen LogP contribution >= 0.6 is 0 Å². The monoisotopic (exact) mass is 485 g/mol. The Morgan fingerprint density at radius 3 is 1.89 bits per heavy atom. The topological polar surface area (TPSA) is 3.24 Å². The summed E-state index contributed by atoms with van der Waals surface area (Å²) in [6, 6.07) is 24.6. The van der Waals surface area contributed by atoms with E-state index in [-0.39, 0.29) is 5.41 Å². The molecule has 0 saturated carbocycles. The fourth-order valence-corrected chi connectivity index (χ4v) is 7.18. The van der Waals surface area contributed by atoms with Gasteiger partial charge in [0.25, 0.3) is 0 Å². The van der Waals surface area contributed by atoms with E-state index in [2.05, 4.69) is 120 Å². The van der Waals surface area contributed by atoms with E-state index in [0.717, 1.165) is 0 Å². The fraction of sp³-hybridized carbons (Fsp3) is 0.389. The second-order valence-electron chi connectivity index (χ2n) is 13.6. The molecule has 188 valence electrons. The minimum atomic E-state index is 0.248. The third-order valence-electron chi connectivity index (χ3n) is 9.53. The quantitative estimate of drug-likeness (QED) is 0.273. The Balaban J connectivity index is 1.48. The lowest BCUT2D eigenvalue weighted by molar-refractivity contribution is 0.255. The van der Waals surface area contributed by atoms with Crippen LogP contribution in [-0.4, -0.2) is 6.04 Å². The molecule has 2 aliphatic heterocycles. The summed E-state index contributed by atoms with van der Waals surface area (Å²) in [5.74, 6) is 2.19. The highest BCUT2D eigenvalue weighted by Gasteiger charge is 2.51. The standard InChI is InChI=1S/C36H39N/c1-20(2)22-8-10-24-16-33-29(14-26(24)12-22)31-18-28(36(5,6)7)19-32-30-15-27-13-23(21(3)4)9-11-25(27)17-34(30)37(33)35(31)32/h8-18,20-21,28,32,35H,19H2,1-7H3. The maximum absolute atomic E-state index is 2.70. The summed E-state index contributed by atoms with van der Waals surface area (Å²) in [4.78, 5) is 2.70. The van der Waals surface area contributed by atoms with E-state index in [1.807, 2.05) is 0 Å². The van der Waals surface area contributed by atoms with Crippen molar-refractivity contribution in [2.75, 3.05) is 4.90 Å². The Kier molecular flexibility index (Phi) is 4.82. The Bertz CT molecular complexity index is 1610. The molecule has 0 N–H and O–H groups in total. The molecule has 0 saturated heterocycles. The molecule has 1 aliphatic carbocycles. The molecule has 1 heteroatoms. The number of hydrogen-bond acceptors (Lipinski definition) is 1. The molecule has 37 heavy (non-hydrogen) atoms. The molecule has 4 aromatic carbocycles. The number of nitrogens with zero attached hydrogens (tertiary/aromatic N) is 1. The van der Waals surface area contributed by atoms with Crippen molar-refractivity contribution < 1.29 is 0 Å². The van der Waals surface area contributed by atoms with Crippen LogP contribution in [0.15, 0.2) is 66.7 Å². The fourth-order valence-electron chi connectivity index (χ4n) is 7.18. The highest BCUT2D eigenvalue weighted by Crippen LogP contribution is 2.62. The predicted molar refractivity (Wildman–Crippen MR) is 160 cm³/mol. The van der Waals surface area contributed by atoms with Gasteiger partial charge < -0.3 is 4.90 Å². The van der Waals surface area contributed by atoms with Crippen molar-refractivity contribution in [2.24, 2.45) is 11.3 Å². The van der Waals surface area contributed by atoms with Gasteiger partial charge >= 0.3 is 0 Å². The minimum Gasteiger partial charge on any atom is -0.332 e. The van der Waals surface area contributed by atoms with Gasteiger partial charge in [-0.15, -0.1) is 0 Å². The molecule has 7 rings (SSSR count). The SMILES string of the molecule is CC(C)c1ccc2cc3c(cc2c1)C1=CC(C(C)(C)C)CC2c4cc5cc(C(C)C)ccc5cc4N3C12. The van der Waals surface area contributed by atoms with E-state index in [1.165, 1.54) is 56.0 Å². The number of anilines is 2. The van der Waals surface area contributed by atoms with E-state index < -0.39 is 0 Å². The minimum absolute atomic E-state index is 0.248. The maximum Gasteiger partial charge on any atom is 0.0665 e. The van der Waals surface area contributed by atoms with Crippen molar-refractivity contribution in [1.29, 1.82) is 0 Å². The highest BCUT2D eigenvalue weighted by atomic mass is 15.2. The number of hydrogen-bond donors (Lipinski definition) is 0. The first-order chi connectivity index (χ1) is 17.6. The molecule has 2 heterocycles. The van der Waals surface area contributed by atoms with Crippen molar-refractivity contribution in [3.8, 4) is 0 Å². The zero-order chi connectivity index (χ0) is 25.8. The maximum atomic E-state index is 2.70. The second kappa shape index (κ2) is 7.73. The molecule has 0 spiro atoms. The van der Waals surface area contributed by atoms with Crippen LogP contribution in [0, 0.1) is 11.3 Å². The lowest BCUT2D eigenvalue weighted by atomic mass is 9.67. The van der Waals surface area contributed by atoms with Gasteiger partial charge in [-0.1, -0.05) is 90.9 Å². The summed E-state index contributed by atoms with van der Waals surface area (Å²) >= 11 is 0. The van der Waals surface area contributed by atoms with Gasteiger partial charge in [0.15, 0.2) is 0 Å². The van der Waals surface area contributed by atoms with Gasteiger partial charge in [0.05, 0.1) is 6.04 Å². The average molecular weight is 486 g/mol. The molecule has 0 fully saturated rings. The second-order valence-corrected chi connectivity index (χ2v) is 13.6. The van der Waals surface area contributed by atoms with Gasteiger partial charge in [-0.2, -0.15) is 0 Å². The van der Waals surface area contributed by atoms with Gasteiger partial charge in [-0.05, 0) is 97.7 Å². The molecular formula is C36H39N. The van der Waals surface area contributed by atoms with Gasteiger partial charge in [0, 0.05) is 22.9 Å². The zero-order valence-corrected chi connectivity index (χ0v) is 23.4. The van der Waals surface area contributed by atoms with Crippen LogP contribution in [0.25, 0.3) is 27.1 Å². The summed E-state index contributed by atoms with van der Waals surface area (Å²) in [7, 11) is 0. The molecule has 3 unspecified atom stereocenters. The summed E-state index contributed by atoms with van der Waals surface area (Å²) < 4.78 is 0. The number of allylic oxidation sites excluding steroid dienone is 1. The number of benzene rings is 4. The average Bonchev–Trinajstić information content (AvgIpc) is 3.35. The first kappa shape index (κ1) is 23.1. The van der Waals surface area contributed by atoms with Crippen molar-refractivity contribution in [2.45, 2.75) is 78.7 Å². The molecule has 0 aromatic heterocycles. The molecule has 0 amide bonds. The van der Waals surface area contributed by atoms with E-state index in [9.17, 15) is 0 Å². The van der Waals surface area contributed by atoms with Crippen LogP contribution < -0.4 is 4.90 Å². The Morgan fingerprint density at radius 2 is 1.30 bits per heavy atom. The van der Waals surface area contributed by atoms with Crippen molar-refractivity contribution in [3.63, 3.8) is 0 Å². The highest BCUT2D eigenvalue weighted by molar-refractivity contribution is 6.04. The van der Waals surface area contributed by atoms with Gasteiger partial charge in [0.1, 0.15) is 0 Å². The lowest BCUT2D eigenvalue weighted by Gasteiger charge is -2.37. The third kappa shape index (κ3) is 3.36. The Morgan fingerprint density at radius 1 is 0.703 bits per heavy atom. The summed E-state index contributed by atoms with van der Waals surface area (Å²) in [6.45, 7) is 16.4. The van der Waals surface area contributed by atoms with E-state index in [1.54, 1.807) is 11.1 Å². The molecule has 3 atom stereocenters. The largest absolute Gasteiger partial charge is 0.332 e. The van der Waals surface area contributed by atoms with Crippen LogP contribution in [0.5, 0.6) is 0 Å². The van der Waals surface area contributed by atoms with Crippen molar-refractivity contribution in [3.05, 3.63) is 89.0 Å². The van der Waals surface area contributed by atoms with Crippen LogP contribution in [0.4, 0.5) is 11.4 Å². The van der Waals surface area contributed by atoms with Gasteiger partial charge in [-0.3, -0.25) is 0 Å².